The van der Waals surface area contributed by atoms with E-state index in [0.29, 0.717) is 19.8 Å². The molecule has 1 amide bonds. The number of carbonyl (C=O) groups excluding carboxylic acids is 2. The average Bonchev–Trinajstić information content (AvgIpc) is 3.27. The lowest BCUT2D eigenvalue weighted by molar-refractivity contribution is -0.150. The molecule has 140 valence electrons. The third-order valence-corrected chi connectivity index (χ3v) is 5.58. The minimum atomic E-state index is -0.578. The summed E-state index contributed by atoms with van der Waals surface area (Å²) in [7, 11) is 0. The Balaban J connectivity index is 1.39. The van der Waals surface area contributed by atoms with E-state index in [9.17, 15) is 9.59 Å². The second kappa shape index (κ2) is 7.19. The maximum atomic E-state index is 12.7. The highest BCUT2D eigenvalue weighted by Gasteiger charge is 2.53. The van der Waals surface area contributed by atoms with E-state index >= 15 is 0 Å². The molecule has 3 aliphatic rings. The van der Waals surface area contributed by atoms with Crippen LogP contribution in [0.2, 0.25) is 0 Å². The molecule has 1 aromatic heterocycles. The standard InChI is InChI=1S/C18H24N4O4/c23-16-10-14(18(26-16)3-1-2-4-18)17(24)19-11-13-9-15(21-12-20-13)22-5-7-25-8-6-22/h9,12,14H,1-8,10-11H2,(H,19,24)/t14-/m0/s1. The van der Waals surface area contributed by atoms with Crippen molar-refractivity contribution in [1.29, 1.82) is 0 Å². The Morgan fingerprint density at radius 1 is 1.27 bits per heavy atom. The highest BCUT2D eigenvalue weighted by molar-refractivity contribution is 5.87. The molecular weight excluding hydrogens is 336 g/mol. The summed E-state index contributed by atoms with van der Waals surface area (Å²) in [5.74, 6) is 0.0743. The van der Waals surface area contributed by atoms with Crippen molar-refractivity contribution >= 4 is 17.7 Å². The summed E-state index contributed by atoms with van der Waals surface area (Å²) in [5.41, 5.74) is 0.173. The molecule has 8 heteroatoms. The van der Waals surface area contributed by atoms with Gasteiger partial charge in [-0.3, -0.25) is 9.59 Å². The summed E-state index contributed by atoms with van der Waals surface area (Å²) in [4.78, 5) is 35.2. The molecule has 2 saturated heterocycles. The van der Waals surface area contributed by atoms with Crippen LogP contribution < -0.4 is 10.2 Å². The fraction of sp³-hybridized carbons (Fsp3) is 0.667. The van der Waals surface area contributed by atoms with Gasteiger partial charge in [0.1, 0.15) is 17.7 Å². The van der Waals surface area contributed by atoms with Crippen LogP contribution in [0.1, 0.15) is 37.8 Å². The van der Waals surface area contributed by atoms with E-state index in [4.69, 9.17) is 9.47 Å². The fourth-order valence-corrected chi connectivity index (χ4v) is 4.20. The molecule has 26 heavy (non-hydrogen) atoms. The van der Waals surface area contributed by atoms with Gasteiger partial charge in [0, 0.05) is 19.2 Å². The second-order valence-electron chi connectivity index (χ2n) is 7.19. The van der Waals surface area contributed by atoms with Gasteiger partial charge in [0.2, 0.25) is 5.91 Å². The number of ether oxygens (including phenoxy) is 2. The van der Waals surface area contributed by atoms with Crippen molar-refractivity contribution in [2.24, 2.45) is 5.92 Å². The van der Waals surface area contributed by atoms with Gasteiger partial charge in [-0.1, -0.05) is 0 Å². The number of hydrogen-bond acceptors (Lipinski definition) is 7. The van der Waals surface area contributed by atoms with Crippen molar-refractivity contribution < 1.29 is 19.1 Å². The van der Waals surface area contributed by atoms with Gasteiger partial charge in [0.15, 0.2) is 0 Å². The summed E-state index contributed by atoms with van der Waals surface area (Å²) in [6.45, 7) is 3.29. The molecule has 3 fully saturated rings. The van der Waals surface area contributed by atoms with Crippen molar-refractivity contribution in [3.8, 4) is 0 Å². The molecule has 2 aliphatic heterocycles. The van der Waals surface area contributed by atoms with E-state index in [0.717, 1.165) is 50.3 Å². The molecule has 1 N–H and O–H groups in total. The Labute approximate surface area is 152 Å². The first kappa shape index (κ1) is 17.2. The average molecular weight is 360 g/mol. The van der Waals surface area contributed by atoms with Crippen molar-refractivity contribution in [2.45, 2.75) is 44.2 Å². The van der Waals surface area contributed by atoms with E-state index in [-0.39, 0.29) is 18.3 Å². The van der Waals surface area contributed by atoms with Crippen LogP contribution in [0.5, 0.6) is 0 Å². The van der Waals surface area contributed by atoms with E-state index in [1.807, 2.05) is 6.07 Å². The molecule has 1 atom stereocenters. The van der Waals surface area contributed by atoms with Gasteiger partial charge in [0.25, 0.3) is 0 Å². The lowest BCUT2D eigenvalue weighted by Gasteiger charge is -2.28. The van der Waals surface area contributed by atoms with Gasteiger partial charge in [-0.25, -0.2) is 9.97 Å². The molecule has 0 aromatic carbocycles. The van der Waals surface area contributed by atoms with Gasteiger partial charge in [-0.05, 0) is 25.7 Å². The topological polar surface area (TPSA) is 93.7 Å². The van der Waals surface area contributed by atoms with E-state index in [1.54, 1.807) is 0 Å². The van der Waals surface area contributed by atoms with Crippen LogP contribution >= 0.6 is 0 Å². The zero-order valence-corrected chi connectivity index (χ0v) is 14.8. The quantitative estimate of drug-likeness (QED) is 0.794. The number of esters is 1. The summed E-state index contributed by atoms with van der Waals surface area (Å²) in [5, 5.41) is 2.94. The van der Waals surface area contributed by atoms with Crippen molar-refractivity contribution in [3.63, 3.8) is 0 Å². The molecule has 0 radical (unpaired) electrons. The van der Waals surface area contributed by atoms with Crippen LogP contribution in [0, 0.1) is 5.92 Å². The normalized spacial score (nSPS) is 24.7. The predicted molar refractivity (Wildman–Crippen MR) is 92.3 cm³/mol. The first-order valence-corrected chi connectivity index (χ1v) is 9.29. The molecular formula is C18H24N4O4. The van der Waals surface area contributed by atoms with E-state index < -0.39 is 11.5 Å². The van der Waals surface area contributed by atoms with Crippen LogP contribution in [-0.4, -0.2) is 53.7 Å². The SMILES string of the molecule is O=C1C[C@@H](C(=O)NCc2cc(N3CCOCC3)ncn2)C2(CCCC2)O1. The van der Waals surface area contributed by atoms with E-state index in [2.05, 4.69) is 20.2 Å². The molecule has 8 nitrogen and oxygen atoms in total. The predicted octanol–water partition coefficient (Wildman–Crippen LogP) is 0.805. The number of anilines is 1. The van der Waals surface area contributed by atoms with Gasteiger partial charge in [-0.15, -0.1) is 0 Å². The molecule has 4 rings (SSSR count). The number of morpholine rings is 1. The maximum absolute atomic E-state index is 12.7. The second-order valence-corrected chi connectivity index (χ2v) is 7.19. The third-order valence-electron chi connectivity index (χ3n) is 5.58. The molecule has 1 aliphatic carbocycles. The van der Waals surface area contributed by atoms with Crippen LogP contribution in [0.15, 0.2) is 12.4 Å². The molecule has 1 aromatic rings. The number of aromatic nitrogens is 2. The number of carbonyl (C=O) groups is 2. The lowest BCUT2D eigenvalue weighted by atomic mass is 9.85. The number of rotatable bonds is 4. The zero-order chi connectivity index (χ0) is 18.0. The largest absolute Gasteiger partial charge is 0.458 e. The Morgan fingerprint density at radius 2 is 2.04 bits per heavy atom. The van der Waals surface area contributed by atoms with Crippen LogP contribution in [-0.2, 0) is 25.6 Å². The first-order valence-electron chi connectivity index (χ1n) is 9.29. The molecule has 1 saturated carbocycles. The Morgan fingerprint density at radius 3 is 2.81 bits per heavy atom. The van der Waals surface area contributed by atoms with Gasteiger partial charge >= 0.3 is 5.97 Å². The van der Waals surface area contributed by atoms with Crippen LogP contribution in [0.3, 0.4) is 0 Å². The maximum Gasteiger partial charge on any atom is 0.307 e. The molecule has 0 bridgehead atoms. The summed E-state index contributed by atoms with van der Waals surface area (Å²) < 4.78 is 10.9. The van der Waals surface area contributed by atoms with Gasteiger partial charge in [0.05, 0.1) is 37.8 Å². The summed E-state index contributed by atoms with van der Waals surface area (Å²) in [6, 6.07) is 1.90. The molecule has 0 unspecified atom stereocenters. The van der Waals surface area contributed by atoms with Gasteiger partial charge < -0.3 is 19.7 Å². The Kier molecular flexibility index (Phi) is 4.76. The highest BCUT2D eigenvalue weighted by atomic mass is 16.6. The van der Waals surface area contributed by atoms with E-state index in [1.165, 1.54) is 6.33 Å². The summed E-state index contributed by atoms with van der Waals surface area (Å²) >= 11 is 0. The Hall–Kier alpha value is -2.22. The zero-order valence-electron chi connectivity index (χ0n) is 14.8. The lowest BCUT2D eigenvalue weighted by Crippen LogP contribution is -2.42. The first-order chi connectivity index (χ1) is 12.7. The van der Waals surface area contributed by atoms with Crippen molar-refractivity contribution in [2.75, 3.05) is 31.2 Å². The third kappa shape index (κ3) is 3.38. The summed E-state index contributed by atoms with van der Waals surface area (Å²) in [6.07, 6.45) is 5.27. The monoisotopic (exact) mass is 360 g/mol. The Bertz CT molecular complexity index is 684. The van der Waals surface area contributed by atoms with Crippen LogP contribution in [0.25, 0.3) is 0 Å². The number of amides is 1. The smallest absolute Gasteiger partial charge is 0.307 e. The minimum absolute atomic E-state index is 0.121. The van der Waals surface area contributed by atoms with Crippen molar-refractivity contribution in [1.82, 2.24) is 15.3 Å². The van der Waals surface area contributed by atoms with Crippen LogP contribution in [0.4, 0.5) is 5.82 Å². The number of nitrogens with one attached hydrogen (secondary N) is 1. The number of nitrogens with zero attached hydrogens (tertiary/aromatic N) is 3. The minimum Gasteiger partial charge on any atom is -0.458 e. The number of hydrogen-bond donors (Lipinski definition) is 1. The fourth-order valence-electron chi connectivity index (χ4n) is 4.20. The highest BCUT2D eigenvalue weighted by Crippen LogP contribution is 2.45. The van der Waals surface area contributed by atoms with Gasteiger partial charge in [-0.2, -0.15) is 0 Å². The molecule has 3 heterocycles. The van der Waals surface area contributed by atoms with Crippen molar-refractivity contribution in [3.05, 3.63) is 18.1 Å². The molecule has 1 spiro atoms.